The van der Waals surface area contributed by atoms with Crippen LogP contribution in [0, 0.1) is 0 Å². The van der Waals surface area contributed by atoms with Crippen molar-refractivity contribution < 1.29 is 4.74 Å². The third kappa shape index (κ3) is 2.45. The average Bonchev–Trinajstić information content (AvgIpc) is 2.91. The maximum Gasteiger partial charge on any atom is 0.0723 e. The first kappa shape index (κ1) is 12.2. The summed E-state index contributed by atoms with van der Waals surface area (Å²) in [6.45, 7) is 6.72. The molecule has 1 aromatic rings. The quantitative estimate of drug-likeness (QED) is 0.811. The van der Waals surface area contributed by atoms with Gasteiger partial charge in [0.05, 0.1) is 12.7 Å². The van der Waals surface area contributed by atoms with Crippen molar-refractivity contribution in [3.8, 4) is 0 Å². The lowest BCUT2D eigenvalue weighted by molar-refractivity contribution is 0.0259. The van der Waals surface area contributed by atoms with Crippen LogP contribution < -0.4 is 0 Å². The third-order valence-electron chi connectivity index (χ3n) is 4.32. The van der Waals surface area contributed by atoms with Gasteiger partial charge in [0.2, 0.25) is 0 Å². The van der Waals surface area contributed by atoms with Crippen LogP contribution in [0.5, 0.6) is 0 Å². The van der Waals surface area contributed by atoms with Crippen molar-refractivity contribution in [1.82, 2.24) is 4.90 Å². The molecule has 0 aliphatic carbocycles. The minimum absolute atomic E-state index is 0.428. The molecule has 2 heterocycles. The molecular formula is C16H23NO. The lowest BCUT2D eigenvalue weighted by Crippen LogP contribution is -2.25. The standard InChI is InChI=1S/C16H23NO/c1-2-15-10-16-13(11-17-8-3-4-9-17)6-5-7-14(16)12-18-15/h5-7,15H,2-4,8-12H2,1H3. The van der Waals surface area contributed by atoms with Gasteiger partial charge in [0, 0.05) is 6.54 Å². The summed E-state index contributed by atoms with van der Waals surface area (Å²) in [5.74, 6) is 0. The Hall–Kier alpha value is -0.860. The first-order chi connectivity index (χ1) is 8.86. The van der Waals surface area contributed by atoms with E-state index in [-0.39, 0.29) is 0 Å². The van der Waals surface area contributed by atoms with Crippen molar-refractivity contribution in [3.05, 3.63) is 34.9 Å². The fraction of sp³-hybridized carbons (Fsp3) is 0.625. The van der Waals surface area contributed by atoms with E-state index in [2.05, 4.69) is 30.0 Å². The molecule has 1 saturated heterocycles. The van der Waals surface area contributed by atoms with E-state index in [0.717, 1.165) is 26.0 Å². The number of nitrogens with zero attached hydrogens (tertiary/aromatic N) is 1. The highest BCUT2D eigenvalue weighted by Crippen LogP contribution is 2.27. The van der Waals surface area contributed by atoms with E-state index in [4.69, 9.17) is 4.74 Å². The van der Waals surface area contributed by atoms with Gasteiger partial charge in [-0.25, -0.2) is 0 Å². The minimum Gasteiger partial charge on any atom is -0.373 e. The lowest BCUT2D eigenvalue weighted by atomic mass is 9.93. The number of benzene rings is 1. The highest BCUT2D eigenvalue weighted by atomic mass is 16.5. The molecule has 0 radical (unpaired) electrons. The highest BCUT2D eigenvalue weighted by Gasteiger charge is 2.21. The number of ether oxygens (including phenoxy) is 1. The largest absolute Gasteiger partial charge is 0.373 e. The second-order valence-electron chi connectivity index (χ2n) is 5.58. The lowest BCUT2D eigenvalue weighted by Gasteiger charge is -2.27. The molecule has 98 valence electrons. The van der Waals surface area contributed by atoms with Crippen LogP contribution >= 0.6 is 0 Å². The van der Waals surface area contributed by atoms with Crippen molar-refractivity contribution in [2.75, 3.05) is 13.1 Å². The molecule has 1 atom stereocenters. The smallest absolute Gasteiger partial charge is 0.0723 e. The molecule has 1 aromatic carbocycles. The Morgan fingerprint density at radius 3 is 2.89 bits per heavy atom. The zero-order valence-corrected chi connectivity index (χ0v) is 11.3. The van der Waals surface area contributed by atoms with Crippen LogP contribution in [0.25, 0.3) is 0 Å². The van der Waals surface area contributed by atoms with Crippen LogP contribution in [0.15, 0.2) is 18.2 Å². The molecular weight excluding hydrogens is 222 g/mol. The Labute approximate surface area is 110 Å². The Balaban J connectivity index is 1.81. The van der Waals surface area contributed by atoms with E-state index in [9.17, 15) is 0 Å². The number of hydrogen-bond acceptors (Lipinski definition) is 2. The van der Waals surface area contributed by atoms with E-state index < -0.39 is 0 Å². The van der Waals surface area contributed by atoms with Crippen LogP contribution in [0.2, 0.25) is 0 Å². The molecule has 2 aliphatic heterocycles. The van der Waals surface area contributed by atoms with Crippen LogP contribution in [0.3, 0.4) is 0 Å². The first-order valence-electron chi connectivity index (χ1n) is 7.30. The van der Waals surface area contributed by atoms with Gasteiger partial charge in [-0.2, -0.15) is 0 Å². The molecule has 0 aromatic heterocycles. The minimum atomic E-state index is 0.428. The molecule has 0 amide bonds. The van der Waals surface area contributed by atoms with Gasteiger partial charge in [-0.1, -0.05) is 25.1 Å². The summed E-state index contributed by atoms with van der Waals surface area (Å²) in [5, 5.41) is 0. The summed E-state index contributed by atoms with van der Waals surface area (Å²) < 4.78 is 5.86. The van der Waals surface area contributed by atoms with Gasteiger partial charge in [0.25, 0.3) is 0 Å². The summed E-state index contributed by atoms with van der Waals surface area (Å²) in [6, 6.07) is 6.74. The van der Waals surface area contributed by atoms with E-state index in [0.29, 0.717) is 6.10 Å². The van der Waals surface area contributed by atoms with Crippen LogP contribution in [0.4, 0.5) is 0 Å². The molecule has 2 nitrogen and oxygen atoms in total. The second-order valence-corrected chi connectivity index (χ2v) is 5.58. The normalized spacial score (nSPS) is 24.2. The first-order valence-corrected chi connectivity index (χ1v) is 7.30. The highest BCUT2D eigenvalue weighted by molar-refractivity contribution is 5.36. The van der Waals surface area contributed by atoms with Gasteiger partial charge in [-0.05, 0) is 55.5 Å². The number of likely N-dealkylation sites (tertiary alicyclic amines) is 1. The molecule has 0 saturated carbocycles. The average molecular weight is 245 g/mol. The number of hydrogen-bond donors (Lipinski definition) is 0. The van der Waals surface area contributed by atoms with Gasteiger partial charge in [-0.15, -0.1) is 0 Å². The van der Waals surface area contributed by atoms with Gasteiger partial charge >= 0.3 is 0 Å². The molecule has 1 fully saturated rings. The predicted molar refractivity (Wildman–Crippen MR) is 73.5 cm³/mol. The summed E-state index contributed by atoms with van der Waals surface area (Å²) in [5.41, 5.74) is 4.52. The topological polar surface area (TPSA) is 12.5 Å². The van der Waals surface area contributed by atoms with E-state index >= 15 is 0 Å². The van der Waals surface area contributed by atoms with Crippen molar-refractivity contribution in [1.29, 1.82) is 0 Å². The molecule has 0 spiro atoms. The maximum absolute atomic E-state index is 5.86. The zero-order chi connectivity index (χ0) is 12.4. The fourth-order valence-corrected chi connectivity index (χ4v) is 3.17. The van der Waals surface area contributed by atoms with E-state index in [1.807, 2.05) is 0 Å². The summed E-state index contributed by atoms with van der Waals surface area (Å²) in [7, 11) is 0. The van der Waals surface area contributed by atoms with Gasteiger partial charge in [0.1, 0.15) is 0 Å². The Kier molecular flexibility index (Phi) is 3.67. The fourth-order valence-electron chi connectivity index (χ4n) is 3.17. The molecule has 0 N–H and O–H groups in total. The molecule has 2 heteroatoms. The third-order valence-corrected chi connectivity index (χ3v) is 4.32. The monoisotopic (exact) mass is 245 g/mol. The van der Waals surface area contributed by atoms with Gasteiger partial charge in [-0.3, -0.25) is 4.90 Å². The number of rotatable bonds is 3. The van der Waals surface area contributed by atoms with Crippen LogP contribution in [0.1, 0.15) is 42.9 Å². The number of fused-ring (bicyclic) bond motifs is 1. The van der Waals surface area contributed by atoms with Crippen molar-refractivity contribution in [2.24, 2.45) is 0 Å². The second kappa shape index (κ2) is 5.41. The SMILES string of the molecule is CCC1Cc2c(cccc2CN2CCCC2)CO1. The van der Waals surface area contributed by atoms with Crippen molar-refractivity contribution in [2.45, 2.75) is 51.9 Å². The Morgan fingerprint density at radius 2 is 2.11 bits per heavy atom. The summed E-state index contributed by atoms with van der Waals surface area (Å²) in [4.78, 5) is 2.59. The molecule has 3 rings (SSSR count). The van der Waals surface area contributed by atoms with Crippen molar-refractivity contribution >= 4 is 0 Å². The molecule has 1 unspecified atom stereocenters. The molecule has 2 aliphatic rings. The van der Waals surface area contributed by atoms with Crippen LogP contribution in [-0.4, -0.2) is 24.1 Å². The summed E-state index contributed by atoms with van der Waals surface area (Å²) >= 11 is 0. The summed E-state index contributed by atoms with van der Waals surface area (Å²) in [6.07, 6.45) is 5.40. The molecule has 0 bridgehead atoms. The Bertz CT molecular complexity index is 410. The molecule has 18 heavy (non-hydrogen) atoms. The van der Waals surface area contributed by atoms with E-state index in [1.54, 1.807) is 5.56 Å². The Morgan fingerprint density at radius 1 is 1.28 bits per heavy atom. The van der Waals surface area contributed by atoms with E-state index in [1.165, 1.54) is 37.1 Å². The maximum atomic E-state index is 5.86. The van der Waals surface area contributed by atoms with Crippen molar-refractivity contribution in [3.63, 3.8) is 0 Å². The predicted octanol–water partition coefficient (Wildman–Crippen LogP) is 3.13. The zero-order valence-electron chi connectivity index (χ0n) is 11.3. The van der Waals surface area contributed by atoms with Gasteiger partial charge < -0.3 is 4.74 Å². The van der Waals surface area contributed by atoms with Crippen LogP contribution in [-0.2, 0) is 24.3 Å². The van der Waals surface area contributed by atoms with Gasteiger partial charge in [0.15, 0.2) is 0 Å².